The molecule has 0 amide bonds. The minimum absolute atomic E-state index is 0.0133. The fourth-order valence-electron chi connectivity index (χ4n) is 2.55. The Kier molecular flexibility index (Phi) is 4.25. The fraction of sp³-hybridized carbons (Fsp3) is 0.167. The number of hydrogen-bond donors (Lipinski definition) is 3. The van der Waals surface area contributed by atoms with E-state index >= 15 is 0 Å². The largest absolute Gasteiger partial charge is 0.507 e. The van der Waals surface area contributed by atoms with Crippen LogP contribution in [0.25, 0.3) is 22.3 Å². The summed E-state index contributed by atoms with van der Waals surface area (Å²) >= 11 is 0. The summed E-state index contributed by atoms with van der Waals surface area (Å²) in [5.74, 6) is -1.16. The molecule has 0 bridgehead atoms. The first-order valence-corrected chi connectivity index (χ1v) is 7.68. The number of benzene rings is 2. The second kappa shape index (κ2) is 6.40. The van der Waals surface area contributed by atoms with Crippen molar-refractivity contribution in [1.29, 1.82) is 0 Å². The molecule has 0 aliphatic heterocycles. The van der Waals surface area contributed by atoms with Crippen LogP contribution in [-0.4, -0.2) is 21.4 Å². The molecule has 0 aliphatic carbocycles. The van der Waals surface area contributed by atoms with E-state index in [9.17, 15) is 25.0 Å². The number of nitroso groups, excluding NO2 is 1. The fourth-order valence-corrected chi connectivity index (χ4v) is 2.55. The molecule has 0 spiro atoms. The summed E-state index contributed by atoms with van der Waals surface area (Å²) in [7, 11) is 0. The average molecular weight is 357 g/mol. The molecule has 26 heavy (non-hydrogen) atoms. The molecule has 0 atom stereocenters. The van der Waals surface area contributed by atoms with Gasteiger partial charge in [-0.05, 0) is 37.2 Å². The van der Waals surface area contributed by atoms with Gasteiger partial charge in [0.2, 0.25) is 5.43 Å². The van der Waals surface area contributed by atoms with E-state index in [1.165, 1.54) is 24.3 Å². The summed E-state index contributed by atoms with van der Waals surface area (Å²) in [5.41, 5.74) is -1.24. The monoisotopic (exact) mass is 357 g/mol. The van der Waals surface area contributed by atoms with Gasteiger partial charge in [-0.2, -0.15) is 0 Å². The second-order valence-electron chi connectivity index (χ2n) is 5.89. The zero-order chi connectivity index (χ0) is 19.0. The van der Waals surface area contributed by atoms with Crippen LogP contribution in [0.4, 0.5) is 5.69 Å². The van der Waals surface area contributed by atoms with E-state index in [-0.39, 0.29) is 39.9 Å². The molecule has 0 aliphatic rings. The van der Waals surface area contributed by atoms with Crippen molar-refractivity contribution in [3.63, 3.8) is 0 Å². The molecule has 134 valence electrons. The summed E-state index contributed by atoms with van der Waals surface area (Å²) in [4.78, 5) is 23.8. The minimum atomic E-state index is -0.822. The van der Waals surface area contributed by atoms with E-state index in [1.807, 2.05) is 0 Å². The van der Waals surface area contributed by atoms with Crippen LogP contribution in [-0.2, 0) is 0 Å². The van der Waals surface area contributed by atoms with Gasteiger partial charge in [-0.3, -0.25) is 4.79 Å². The molecule has 0 radical (unpaired) electrons. The molecule has 3 N–H and O–H groups in total. The molecule has 1 aromatic heterocycles. The SMILES string of the molecule is CC(C)Oc1cc(O)c2c(=O)c(N=O)c(-c3ccc(O)c(O)c3)oc2c1. The average Bonchev–Trinajstić information content (AvgIpc) is 2.56. The Morgan fingerprint density at radius 2 is 1.77 bits per heavy atom. The Morgan fingerprint density at radius 3 is 2.38 bits per heavy atom. The van der Waals surface area contributed by atoms with Crippen molar-refractivity contribution in [2.45, 2.75) is 20.0 Å². The Balaban J connectivity index is 2.33. The quantitative estimate of drug-likeness (QED) is 0.479. The maximum atomic E-state index is 12.6. The molecule has 0 saturated carbocycles. The van der Waals surface area contributed by atoms with E-state index in [4.69, 9.17) is 9.15 Å². The third-order valence-corrected chi connectivity index (χ3v) is 3.62. The number of aromatic hydroxyl groups is 3. The van der Waals surface area contributed by atoms with Gasteiger partial charge in [0.25, 0.3) is 0 Å². The zero-order valence-electron chi connectivity index (χ0n) is 13.9. The van der Waals surface area contributed by atoms with Gasteiger partial charge in [-0.25, -0.2) is 0 Å². The first-order valence-electron chi connectivity index (χ1n) is 7.68. The topological polar surface area (TPSA) is 130 Å². The highest BCUT2D eigenvalue weighted by atomic mass is 16.5. The van der Waals surface area contributed by atoms with Crippen LogP contribution in [0.5, 0.6) is 23.0 Å². The smallest absolute Gasteiger partial charge is 0.226 e. The zero-order valence-corrected chi connectivity index (χ0v) is 13.9. The molecular weight excluding hydrogens is 342 g/mol. The van der Waals surface area contributed by atoms with E-state index < -0.39 is 22.6 Å². The number of nitrogens with zero attached hydrogens (tertiary/aromatic N) is 1. The van der Waals surface area contributed by atoms with Crippen molar-refractivity contribution in [2.24, 2.45) is 5.18 Å². The third kappa shape index (κ3) is 2.92. The predicted molar refractivity (Wildman–Crippen MR) is 94.1 cm³/mol. The first-order chi connectivity index (χ1) is 12.3. The summed E-state index contributed by atoms with van der Waals surface area (Å²) in [5, 5.41) is 31.7. The second-order valence-corrected chi connectivity index (χ2v) is 5.89. The standard InChI is InChI=1S/C18H15NO7/c1-8(2)25-10-6-13(22)15-14(7-10)26-18(16(19-24)17(15)23)9-3-4-11(20)12(21)5-9/h3-8,20-22H,1-2H3. The lowest BCUT2D eigenvalue weighted by atomic mass is 10.1. The van der Waals surface area contributed by atoms with Gasteiger partial charge in [0.15, 0.2) is 22.9 Å². The highest BCUT2D eigenvalue weighted by molar-refractivity contribution is 5.90. The molecule has 8 nitrogen and oxygen atoms in total. The molecular formula is C18H15NO7. The van der Waals surface area contributed by atoms with Crippen LogP contribution in [0.1, 0.15) is 13.8 Å². The van der Waals surface area contributed by atoms with Crippen molar-refractivity contribution in [3.8, 4) is 34.3 Å². The number of rotatable bonds is 4. The maximum Gasteiger partial charge on any atom is 0.226 e. The molecule has 0 saturated heterocycles. The highest BCUT2D eigenvalue weighted by Gasteiger charge is 2.21. The van der Waals surface area contributed by atoms with Gasteiger partial charge >= 0.3 is 0 Å². The maximum absolute atomic E-state index is 12.6. The van der Waals surface area contributed by atoms with E-state index in [0.717, 1.165) is 6.07 Å². The van der Waals surface area contributed by atoms with Gasteiger partial charge in [-0.15, -0.1) is 4.91 Å². The van der Waals surface area contributed by atoms with Crippen molar-refractivity contribution in [2.75, 3.05) is 0 Å². The number of hydrogen-bond acceptors (Lipinski definition) is 8. The van der Waals surface area contributed by atoms with Gasteiger partial charge in [0, 0.05) is 17.7 Å². The lowest BCUT2D eigenvalue weighted by Gasteiger charge is -2.12. The van der Waals surface area contributed by atoms with Crippen LogP contribution in [0.2, 0.25) is 0 Å². The van der Waals surface area contributed by atoms with Crippen LogP contribution < -0.4 is 10.2 Å². The summed E-state index contributed by atoms with van der Waals surface area (Å²) in [6.45, 7) is 3.59. The van der Waals surface area contributed by atoms with Gasteiger partial charge in [0.05, 0.1) is 6.10 Å². The Hall–Kier alpha value is -3.55. The molecule has 0 unspecified atom stereocenters. The minimum Gasteiger partial charge on any atom is -0.507 e. The van der Waals surface area contributed by atoms with Crippen LogP contribution in [0.15, 0.2) is 44.7 Å². The molecule has 8 heteroatoms. The summed E-state index contributed by atoms with van der Waals surface area (Å²) < 4.78 is 11.1. The third-order valence-electron chi connectivity index (χ3n) is 3.62. The molecule has 3 aromatic rings. The van der Waals surface area contributed by atoms with Crippen molar-refractivity contribution in [3.05, 3.63) is 45.5 Å². The van der Waals surface area contributed by atoms with Crippen LogP contribution in [0.3, 0.4) is 0 Å². The van der Waals surface area contributed by atoms with Gasteiger partial charge < -0.3 is 24.5 Å². The van der Waals surface area contributed by atoms with E-state index in [1.54, 1.807) is 13.8 Å². The molecule has 2 aromatic carbocycles. The molecule has 3 rings (SSSR count). The van der Waals surface area contributed by atoms with E-state index in [2.05, 4.69) is 5.18 Å². The lowest BCUT2D eigenvalue weighted by molar-refractivity contribution is 0.241. The summed E-state index contributed by atoms with van der Waals surface area (Å²) in [6, 6.07) is 6.32. The highest BCUT2D eigenvalue weighted by Crippen LogP contribution is 2.38. The Bertz CT molecular complexity index is 1070. The van der Waals surface area contributed by atoms with Crippen molar-refractivity contribution < 1.29 is 24.5 Å². The van der Waals surface area contributed by atoms with Crippen LogP contribution in [0, 0.1) is 4.91 Å². The number of phenolic OH excluding ortho intramolecular Hbond substituents is 3. The van der Waals surface area contributed by atoms with Crippen LogP contribution >= 0.6 is 0 Å². The number of ether oxygens (including phenoxy) is 1. The van der Waals surface area contributed by atoms with Gasteiger partial charge in [-0.1, -0.05) is 0 Å². The van der Waals surface area contributed by atoms with Gasteiger partial charge in [0.1, 0.15) is 22.5 Å². The van der Waals surface area contributed by atoms with Crippen molar-refractivity contribution in [1.82, 2.24) is 0 Å². The van der Waals surface area contributed by atoms with E-state index in [0.29, 0.717) is 0 Å². The van der Waals surface area contributed by atoms with Crippen molar-refractivity contribution >= 4 is 16.7 Å². The predicted octanol–water partition coefficient (Wildman–Crippen LogP) is 3.76. The normalized spacial score (nSPS) is 11.0. The lowest BCUT2D eigenvalue weighted by Crippen LogP contribution is -2.07. The Morgan fingerprint density at radius 1 is 1.04 bits per heavy atom. The number of fused-ring (bicyclic) bond motifs is 1. The number of phenols is 3. The first kappa shape index (κ1) is 17.3. The molecule has 1 heterocycles. The Labute approximate surface area is 146 Å². The molecule has 0 fully saturated rings. The summed E-state index contributed by atoms with van der Waals surface area (Å²) in [6.07, 6.45) is -0.178.